The Morgan fingerprint density at radius 2 is 2.02 bits per heavy atom. The van der Waals surface area contributed by atoms with Crippen molar-refractivity contribution in [2.45, 2.75) is 57.4 Å². The monoisotopic (exact) mass is 609 g/mol. The molecule has 2 amide bonds. The highest BCUT2D eigenvalue weighted by Crippen LogP contribution is 2.40. The topological polar surface area (TPSA) is 258 Å². The fourth-order valence-corrected chi connectivity index (χ4v) is 5.95. The summed E-state index contributed by atoms with van der Waals surface area (Å²) in [7, 11) is 0. The fourth-order valence-electron chi connectivity index (χ4n) is 4.18. The molecule has 2 aliphatic heterocycles. The van der Waals surface area contributed by atoms with E-state index in [2.05, 4.69) is 19.8 Å². The van der Waals surface area contributed by atoms with Crippen molar-refractivity contribution in [3.05, 3.63) is 28.9 Å². The Labute approximate surface area is 241 Å². The quantitative estimate of drug-likeness (QED) is 0.0719. The minimum absolute atomic E-state index is 0.0166. The van der Waals surface area contributed by atoms with E-state index < -0.39 is 46.5 Å². The molecule has 0 radical (unpaired) electrons. The van der Waals surface area contributed by atoms with Crippen molar-refractivity contribution in [2.75, 3.05) is 17.2 Å². The Hall–Kier alpha value is -4.23. The van der Waals surface area contributed by atoms with Crippen LogP contribution in [-0.2, 0) is 43.7 Å². The molecule has 2 atom stereocenters. The van der Waals surface area contributed by atoms with Gasteiger partial charge in [0.25, 0.3) is 11.8 Å². The maximum absolute atomic E-state index is 13.2. The summed E-state index contributed by atoms with van der Waals surface area (Å²) in [6.45, 7) is 5.22. The van der Waals surface area contributed by atoms with Crippen molar-refractivity contribution in [3.8, 4) is 0 Å². The summed E-state index contributed by atoms with van der Waals surface area (Å²) in [5.74, 6) is -3.73. The zero-order chi connectivity index (χ0) is 30.2. The number of rotatable bonds is 11. The molecule has 1 fully saturated rings. The number of carboxylic acid groups (broad SMARTS) is 2. The first kappa shape index (κ1) is 29.7. The SMILES string of the molecule is CCn1c(N)c(CN)c[n+]1CC1=C(C(=O)O)N2C(=O)[C@@H](NC(=O)/C(=N/OC(C)(C)C(=O)O)c3nsc(N)n3)[C@H]2SC1. The highest BCUT2D eigenvalue weighted by Gasteiger charge is 2.55. The minimum atomic E-state index is -1.79. The van der Waals surface area contributed by atoms with E-state index in [1.54, 1.807) is 15.6 Å². The lowest BCUT2D eigenvalue weighted by Gasteiger charge is -2.49. The first-order chi connectivity index (χ1) is 19.3. The third-order valence-corrected chi connectivity index (χ3v) is 8.26. The molecular formula is C22H29N10O7S2+. The van der Waals surface area contributed by atoms with Crippen LogP contribution in [-0.4, -0.2) is 81.4 Å². The summed E-state index contributed by atoms with van der Waals surface area (Å²) < 4.78 is 7.45. The Morgan fingerprint density at radius 3 is 2.59 bits per heavy atom. The van der Waals surface area contributed by atoms with Crippen molar-refractivity contribution >= 4 is 63.7 Å². The van der Waals surface area contributed by atoms with E-state index in [1.807, 2.05) is 6.92 Å². The van der Waals surface area contributed by atoms with Crippen LogP contribution in [0.3, 0.4) is 0 Å². The average molecular weight is 610 g/mol. The van der Waals surface area contributed by atoms with Gasteiger partial charge in [0.05, 0.1) is 12.1 Å². The number of oxime groups is 1. The van der Waals surface area contributed by atoms with E-state index in [0.29, 0.717) is 23.5 Å². The van der Waals surface area contributed by atoms with Crippen LogP contribution in [0, 0.1) is 0 Å². The molecule has 2 aromatic heterocycles. The van der Waals surface area contributed by atoms with Gasteiger partial charge in [0.1, 0.15) is 17.1 Å². The van der Waals surface area contributed by atoms with Crippen LogP contribution in [0.4, 0.5) is 10.9 Å². The second-order valence-electron chi connectivity index (χ2n) is 9.48. The molecule has 2 aliphatic rings. The zero-order valence-corrected chi connectivity index (χ0v) is 23.9. The molecule has 0 bridgehead atoms. The van der Waals surface area contributed by atoms with E-state index in [0.717, 1.165) is 16.4 Å². The second kappa shape index (κ2) is 11.3. The molecule has 17 nitrogen and oxygen atoms in total. The zero-order valence-electron chi connectivity index (χ0n) is 22.2. The lowest BCUT2D eigenvalue weighted by molar-refractivity contribution is -0.767. The molecule has 9 N–H and O–H groups in total. The molecule has 0 aromatic carbocycles. The van der Waals surface area contributed by atoms with Crippen LogP contribution in [0.5, 0.6) is 0 Å². The van der Waals surface area contributed by atoms with Gasteiger partial charge >= 0.3 is 11.9 Å². The number of nitrogens with two attached hydrogens (primary N) is 3. The number of nitrogens with zero attached hydrogens (tertiary/aromatic N) is 6. The number of carbonyl (C=O) groups is 4. The second-order valence-corrected chi connectivity index (χ2v) is 11.4. The van der Waals surface area contributed by atoms with E-state index in [9.17, 15) is 29.4 Å². The van der Waals surface area contributed by atoms with Gasteiger partial charge in [-0.3, -0.25) is 14.5 Å². The number of nitrogen functional groups attached to an aromatic ring is 2. The van der Waals surface area contributed by atoms with Gasteiger partial charge in [-0.2, -0.15) is 9.36 Å². The standard InChI is InChI=1S/C22H28N10O7S2/c1-4-31-14(24)9(5-23)6-30(31)7-10-8-40-18-12(17(34)32(18)13(10)19(35)36)26-16(33)11(15-27-21(25)41-29-15)28-39-22(2,3)20(37)38/h6,12,18,24H,4-5,7-8,23H2,1-3H3,(H5,25,26,27,29,33,35,36,37,38)/p+1/b28-11+/t12-,18-/m1/s1. The number of carbonyl (C=O) groups excluding carboxylic acids is 2. The fraction of sp³-hybridized carbons (Fsp3) is 0.455. The number of anilines is 2. The number of amides is 2. The Balaban J connectivity index is 1.58. The smallest absolute Gasteiger partial charge is 0.352 e. The summed E-state index contributed by atoms with van der Waals surface area (Å²) in [5.41, 5.74) is 16.3. The highest BCUT2D eigenvalue weighted by molar-refractivity contribution is 8.00. The van der Waals surface area contributed by atoms with E-state index >= 15 is 0 Å². The van der Waals surface area contributed by atoms with Crippen molar-refractivity contribution in [2.24, 2.45) is 10.9 Å². The van der Waals surface area contributed by atoms with Crippen molar-refractivity contribution < 1.29 is 38.9 Å². The van der Waals surface area contributed by atoms with E-state index in [-0.39, 0.29) is 35.5 Å². The molecule has 4 rings (SSSR count). The number of hydrogen-bond donors (Lipinski definition) is 6. The average Bonchev–Trinajstić information content (AvgIpc) is 3.48. The van der Waals surface area contributed by atoms with E-state index in [1.165, 1.54) is 25.6 Å². The van der Waals surface area contributed by atoms with Gasteiger partial charge in [-0.15, -0.1) is 21.1 Å². The van der Waals surface area contributed by atoms with Gasteiger partial charge in [0.15, 0.2) is 17.5 Å². The largest absolute Gasteiger partial charge is 0.478 e. The van der Waals surface area contributed by atoms with Crippen LogP contribution in [0.25, 0.3) is 0 Å². The van der Waals surface area contributed by atoms with Crippen LogP contribution >= 0.6 is 23.3 Å². The Morgan fingerprint density at radius 1 is 1.32 bits per heavy atom. The summed E-state index contributed by atoms with van der Waals surface area (Å²) in [6.07, 6.45) is 1.75. The summed E-state index contributed by atoms with van der Waals surface area (Å²) in [4.78, 5) is 60.2. The molecule has 0 aliphatic carbocycles. The third kappa shape index (κ3) is 5.55. The minimum Gasteiger partial charge on any atom is -0.478 e. The molecular weight excluding hydrogens is 580 g/mol. The molecule has 2 aromatic rings. The number of fused-ring (bicyclic) bond motifs is 1. The van der Waals surface area contributed by atoms with Crippen LogP contribution in [0.15, 0.2) is 22.6 Å². The summed E-state index contributed by atoms with van der Waals surface area (Å²) in [6, 6.07) is -1.11. The van der Waals surface area contributed by atoms with Gasteiger partial charge in [0, 0.05) is 29.4 Å². The molecule has 1 saturated heterocycles. The predicted octanol–water partition coefficient (Wildman–Crippen LogP) is -1.71. The molecule has 41 heavy (non-hydrogen) atoms. The van der Waals surface area contributed by atoms with Crippen LogP contribution in [0.2, 0.25) is 0 Å². The Kier molecular flexibility index (Phi) is 8.22. The highest BCUT2D eigenvalue weighted by atomic mass is 32.2. The van der Waals surface area contributed by atoms with E-state index in [4.69, 9.17) is 22.0 Å². The number of aliphatic carboxylic acids is 2. The number of hydrogen-bond acceptors (Lipinski definition) is 13. The summed E-state index contributed by atoms with van der Waals surface area (Å²) >= 11 is 2.04. The number of thioether (sulfide) groups is 1. The van der Waals surface area contributed by atoms with Gasteiger partial charge in [0.2, 0.25) is 23.3 Å². The van der Waals surface area contributed by atoms with Crippen LogP contribution < -0.4 is 27.2 Å². The van der Waals surface area contributed by atoms with Gasteiger partial charge in [-0.1, -0.05) is 5.16 Å². The molecule has 0 unspecified atom stereocenters. The lowest BCUT2D eigenvalue weighted by atomic mass is 10.0. The van der Waals surface area contributed by atoms with Crippen LogP contribution in [0.1, 0.15) is 32.2 Å². The van der Waals surface area contributed by atoms with Gasteiger partial charge in [-0.05, 0) is 20.8 Å². The predicted molar refractivity (Wildman–Crippen MR) is 146 cm³/mol. The van der Waals surface area contributed by atoms with Crippen molar-refractivity contribution in [1.29, 1.82) is 0 Å². The molecule has 0 spiro atoms. The first-order valence-corrected chi connectivity index (χ1v) is 14.0. The number of nitrogens with one attached hydrogen (secondary N) is 1. The molecule has 19 heteroatoms. The number of aromatic nitrogens is 4. The number of carboxylic acids is 2. The number of β-lactam (4-membered cyclic amide) rings is 1. The molecule has 220 valence electrons. The summed E-state index contributed by atoms with van der Waals surface area (Å²) in [5, 5.41) is 24.8. The lowest BCUT2D eigenvalue weighted by Crippen LogP contribution is -2.71. The maximum Gasteiger partial charge on any atom is 0.352 e. The normalized spacial score (nSPS) is 19.1. The molecule has 4 heterocycles. The van der Waals surface area contributed by atoms with Gasteiger partial charge in [-0.25, -0.2) is 9.59 Å². The van der Waals surface area contributed by atoms with Gasteiger partial charge < -0.3 is 37.6 Å². The van der Waals surface area contributed by atoms with Crippen molar-refractivity contribution in [1.82, 2.24) is 24.3 Å². The van der Waals surface area contributed by atoms with Crippen molar-refractivity contribution in [3.63, 3.8) is 0 Å². The Bertz CT molecular complexity index is 1480. The third-order valence-electron chi connectivity index (χ3n) is 6.38. The maximum atomic E-state index is 13.2. The first-order valence-electron chi connectivity index (χ1n) is 12.2. The molecule has 0 saturated carbocycles.